The molecule has 1 aromatic heterocycles. The molecule has 138 valence electrons. The Morgan fingerprint density at radius 1 is 1.19 bits per heavy atom. The van der Waals surface area contributed by atoms with Crippen LogP contribution in [0.3, 0.4) is 0 Å². The van der Waals surface area contributed by atoms with Crippen molar-refractivity contribution in [3.05, 3.63) is 52.4 Å². The third-order valence-corrected chi connectivity index (χ3v) is 5.21. The number of hydrogen-bond donors (Lipinski definition) is 2. The molecule has 7 nitrogen and oxygen atoms in total. The summed E-state index contributed by atoms with van der Waals surface area (Å²) in [5, 5.41) is 5.95. The van der Waals surface area contributed by atoms with Gasteiger partial charge in [0.05, 0.1) is 11.3 Å². The zero-order chi connectivity index (χ0) is 18.0. The minimum absolute atomic E-state index is 0.0397. The first-order valence-electron chi connectivity index (χ1n) is 9.05. The monoisotopic (exact) mass is 357 g/mol. The van der Waals surface area contributed by atoms with Crippen molar-refractivity contribution in [2.75, 3.05) is 19.8 Å². The molecular formula is C19H23N3O4. The maximum atomic E-state index is 12.6. The van der Waals surface area contributed by atoms with Crippen molar-refractivity contribution in [3.63, 3.8) is 0 Å². The molecule has 7 heteroatoms. The van der Waals surface area contributed by atoms with Gasteiger partial charge >= 0.3 is 0 Å². The average molecular weight is 357 g/mol. The second kappa shape index (κ2) is 7.09. The molecule has 0 unspecified atom stereocenters. The van der Waals surface area contributed by atoms with E-state index in [1.54, 1.807) is 0 Å². The average Bonchev–Trinajstić information content (AvgIpc) is 3.05. The number of nitrogens with one attached hydrogen (secondary N) is 2. The number of rotatable bonds is 3. The highest BCUT2D eigenvalue weighted by atomic mass is 16.5. The Bertz CT molecular complexity index is 815. The molecule has 2 aliphatic rings. The summed E-state index contributed by atoms with van der Waals surface area (Å²) >= 11 is 0. The smallest absolute Gasteiger partial charge is 0.271 e. The van der Waals surface area contributed by atoms with Gasteiger partial charge in [-0.05, 0) is 37.8 Å². The SMILES string of the molecule is O=C(N[C@H]1CCOC2(CCOCC2)C1)c1cc(=O)n(-c2ccccc2)[nH]1. The first kappa shape index (κ1) is 17.1. The molecule has 1 atom stereocenters. The highest BCUT2D eigenvalue weighted by molar-refractivity contribution is 5.92. The van der Waals surface area contributed by atoms with E-state index in [4.69, 9.17) is 9.47 Å². The first-order chi connectivity index (χ1) is 12.7. The predicted octanol–water partition coefficient (Wildman–Crippen LogP) is 1.62. The number of amides is 1. The Balaban J connectivity index is 1.46. The van der Waals surface area contributed by atoms with Crippen LogP contribution in [0, 0.1) is 0 Å². The summed E-state index contributed by atoms with van der Waals surface area (Å²) in [6, 6.07) is 10.6. The van der Waals surface area contributed by atoms with E-state index >= 15 is 0 Å². The van der Waals surface area contributed by atoms with Crippen LogP contribution in [0.15, 0.2) is 41.2 Å². The molecule has 1 spiro atoms. The lowest BCUT2D eigenvalue weighted by Gasteiger charge is -2.43. The molecule has 3 heterocycles. The van der Waals surface area contributed by atoms with E-state index in [9.17, 15) is 9.59 Å². The lowest BCUT2D eigenvalue weighted by Crippen LogP contribution is -2.51. The molecule has 26 heavy (non-hydrogen) atoms. The van der Waals surface area contributed by atoms with Crippen molar-refractivity contribution < 1.29 is 14.3 Å². The number of aromatic amines is 1. The van der Waals surface area contributed by atoms with Gasteiger partial charge in [-0.25, -0.2) is 4.68 Å². The number of benzene rings is 1. The van der Waals surface area contributed by atoms with Crippen molar-refractivity contribution in [2.24, 2.45) is 0 Å². The molecule has 2 aliphatic heterocycles. The number of nitrogens with zero attached hydrogens (tertiary/aromatic N) is 1. The summed E-state index contributed by atoms with van der Waals surface area (Å²) in [7, 11) is 0. The van der Waals surface area contributed by atoms with Crippen LogP contribution in [0.2, 0.25) is 0 Å². The van der Waals surface area contributed by atoms with E-state index in [2.05, 4.69) is 10.4 Å². The fourth-order valence-corrected chi connectivity index (χ4v) is 3.79. The minimum Gasteiger partial charge on any atom is -0.381 e. The van der Waals surface area contributed by atoms with Gasteiger partial charge in [0.1, 0.15) is 5.69 Å². The quantitative estimate of drug-likeness (QED) is 0.874. The van der Waals surface area contributed by atoms with Crippen LogP contribution in [0.1, 0.15) is 36.2 Å². The fraction of sp³-hybridized carbons (Fsp3) is 0.474. The number of para-hydroxylation sites is 1. The summed E-state index contributed by atoms with van der Waals surface area (Å²) in [5.74, 6) is -0.258. The standard InChI is InChI=1S/C19H23N3O4/c23-17-12-16(21-22(17)15-4-2-1-3-5-15)18(24)20-14-6-9-26-19(13-14)7-10-25-11-8-19/h1-5,12,14,21H,6-11,13H2,(H,20,24)/t14-/m0/s1. The van der Waals surface area contributed by atoms with Gasteiger partial charge in [0, 0.05) is 31.9 Å². The molecule has 1 amide bonds. The van der Waals surface area contributed by atoms with E-state index in [-0.39, 0.29) is 28.8 Å². The topological polar surface area (TPSA) is 85.3 Å². The number of aromatic nitrogens is 2. The zero-order valence-electron chi connectivity index (χ0n) is 14.6. The van der Waals surface area contributed by atoms with Crippen molar-refractivity contribution in [2.45, 2.75) is 37.3 Å². The van der Waals surface area contributed by atoms with Crippen molar-refractivity contribution in [1.29, 1.82) is 0 Å². The van der Waals surface area contributed by atoms with Crippen molar-refractivity contribution >= 4 is 5.91 Å². The van der Waals surface area contributed by atoms with Crippen LogP contribution >= 0.6 is 0 Å². The lowest BCUT2D eigenvalue weighted by molar-refractivity contribution is -0.139. The number of H-pyrrole nitrogens is 1. The molecule has 0 radical (unpaired) electrons. The van der Waals surface area contributed by atoms with Crippen LogP contribution in [-0.4, -0.2) is 47.2 Å². The third kappa shape index (κ3) is 3.45. The summed E-state index contributed by atoms with van der Waals surface area (Å²) < 4.78 is 12.8. The fourth-order valence-electron chi connectivity index (χ4n) is 3.79. The molecule has 2 N–H and O–H groups in total. The van der Waals surface area contributed by atoms with E-state index in [0.29, 0.717) is 25.5 Å². The number of hydrogen-bond acceptors (Lipinski definition) is 4. The normalized spacial score (nSPS) is 22.2. The van der Waals surface area contributed by atoms with Crippen LogP contribution in [-0.2, 0) is 9.47 Å². The third-order valence-electron chi connectivity index (χ3n) is 5.21. The number of ether oxygens (including phenoxy) is 2. The Morgan fingerprint density at radius 2 is 1.96 bits per heavy atom. The largest absolute Gasteiger partial charge is 0.381 e. The van der Waals surface area contributed by atoms with Crippen LogP contribution in [0.4, 0.5) is 0 Å². The zero-order valence-corrected chi connectivity index (χ0v) is 14.6. The molecule has 2 aromatic rings. The molecule has 0 saturated carbocycles. The number of carbonyl (C=O) groups is 1. The molecule has 2 saturated heterocycles. The highest BCUT2D eigenvalue weighted by Gasteiger charge is 2.39. The Hall–Kier alpha value is -2.38. The molecule has 1 aromatic carbocycles. The van der Waals surface area contributed by atoms with E-state index in [0.717, 1.165) is 25.7 Å². The highest BCUT2D eigenvalue weighted by Crippen LogP contribution is 2.34. The molecule has 0 aliphatic carbocycles. The van der Waals surface area contributed by atoms with Gasteiger partial charge in [-0.3, -0.25) is 14.7 Å². The van der Waals surface area contributed by atoms with E-state index in [1.165, 1.54) is 10.7 Å². The van der Waals surface area contributed by atoms with E-state index < -0.39 is 0 Å². The maximum Gasteiger partial charge on any atom is 0.271 e. The van der Waals surface area contributed by atoms with Gasteiger partial charge in [-0.2, -0.15) is 0 Å². The van der Waals surface area contributed by atoms with Gasteiger partial charge in [0.15, 0.2) is 0 Å². The van der Waals surface area contributed by atoms with Gasteiger partial charge < -0.3 is 14.8 Å². The summed E-state index contributed by atoms with van der Waals surface area (Å²) in [4.78, 5) is 24.8. The van der Waals surface area contributed by atoms with Gasteiger partial charge in [-0.1, -0.05) is 18.2 Å². The van der Waals surface area contributed by atoms with E-state index in [1.807, 2.05) is 30.3 Å². The molecule has 0 bridgehead atoms. The van der Waals surface area contributed by atoms with Crippen LogP contribution in [0.5, 0.6) is 0 Å². The Labute approximate surface area is 151 Å². The molecule has 4 rings (SSSR count). The van der Waals surface area contributed by atoms with Crippen LogP contribution in [0.25, 0.3) is 5.69 Å². The maximum absolute atomic E-state index is 12.6. The van der Waals surface area contributed by atoms with Crippen LogP contribution < -0.4 is 10.9 Å². The predicted molar refractivity (Wildman–Crippen MR) is 95.6 cm³/mol. The van der Waals surface area contributed by atoms with Gasteiger partial charge in [-0.15, -0.1) is 0 Å². The second-order valence-corrected chi connectivity index (χ2v) is 6.99. The Kier molecular flexibility index (Phi) is 4.65. The molecule has 2 fully saturated rings. The molecular weight excluding hydrogens is 334 g/mol. The second-order valence-electron chi connectivity index (χ2n) is 6.99. The summed E-state index contributed by atoms with van der Waals surface area (Å²) in [5.41, 5.74) is 0.530. The Morgan fingerprint density at radius 3 is 2.73 bits per heavy atom. The summed E-state index contributed by atoms with van der Waals surface area (Å²) in [6.45, 7) is 2.04. The summed E-state index contributed by atoms with van der Waals surface area (Å²) in [6.07, 6.45) is 3.28. The van der Waals surface area contributed by atoms with Gasteiger partial charge in [0.25, 0.3) is 11.5 Å². The van der Waals surface area contributed by atoms with Crippen molar-refractivity contribution in [3.8, 4) is 5.69 Å². The van der Waals surface area contributed by atoms with Crippen molar-refractivity contribution in [1.82, 2.24) is 15.1 Å². The first-order valence-corrected chi connectivity index (χ1v) is 9.05. The minimum atomic E-state index is -0.258. The lowest BCUT2D eigenvalue weighted by atomic mass is 9.84. The number of carbonyl (C=O) groups excluding carboxylic acids is 1. The van der Waals surface area contributed by atoms with Gasteiger partial charge in [0.2, 0.25) is 0 Å².